The van der Waals surface area contributed by atoms with Gasteiger partial charge in [0.2, 0.25) is 0 Å². The maximum Gasteiger partial charge on any atom is 0.0872 e. The largest absolute Gasteiger partial charge is 0.373 e. The molecule has 1 saturated carbocycles. The quantitative estimate of drug-likeness (QED) is 0.701. The molecule has 0 radical (unpaired) electrons. The summed E-state index contributed by atoms with van der Waals surface area (Å²) in [5, 5.41) is 3.51. The highest BCUT2D eigenvalue weighted by Gasteiger charge is 2.40. The van der Waals surface area contributed by atoms with Gasteiger partial charge in [-0.1, -0.05) is 32.8 Å². The molecule has 1 rings (SSSR count). The van der Waals surface area contributed by atoms with Gasteiger partial charge >= 0.3 is 0 Å². The van der Waals surface area contributed by atoms with Crippen LogP contribution in [0.25, 0.3) is 0 Å². The number of ether oxygens (including phenoxy) is 1. The van der Waals surface area contributed by atoms with Crippen molar-refractivity contribution in [2.45, 2.75) is 58.1 Å². The Hall–Kier alpha value is -0.340. The molecule has 3 atom stereocenters. The lowest BCUT2D eigenvalue weighted by atomic mass is 9.74. The molecule has 1 aliphatic rings. The van der Waals surface area contributed by atoms with E-state index in [1.54, 1.807) is 0 Å². The third-order valence-corrected chi connectivity index (χ3v) is 3.65. The highest BCUT2D eigenvalue weighted by Crippen LogP contribution is 2.38. The van der Waals surface area contributed by atoms with Crippen molar-refractivity contribution in [1.82, 2.24) is 5.32 Å². The fourth-order valence-electron chi connectivity index (χ4n) is 3.04. The zero-order chi connectivity index (χ0) is 12.0. The molecule has 0 aromatic carbocycles. The molecule has 2 heteroatoms. The molecule has 0 spiro atoms. The molecular formula is C14H27NO. The minimum Gasteiger partial charge on any atom is -0.373 e. The zero-order valence-electron chi connectivity index (χ0n) is 11.1. The van der Waals surface area contributed by atoms with Crippen LogP contribution in [0.3, 0.4) is 0 Å². The van der Waals surface area contributed by atoms with Gasteiger partial charge in [0.15, 0.2) is 0 Å². The van der Waals surface area contributed by atoms with Gasteiger partial charge in [0.25, 0.3) is 0 Å². The summed E-state index contributed by atoms with van der Waals surface area (Å²) in [5.41, 5.74) is -0.00975. The Labute approximate surface area is 100 Å². The predicted molar refractivity (Wildman–Crippen MR) is 69.7 cm³/mol. The average Bonchev–Trinajstić information content (AvgIpc) is 2.26. The van der Waals surface area contributed by atoms with Crippen molar-refractivity contribution in [3.63, 3.8) is 0 Å². The van der Waals surface area contributed by atoms with Crippen LogP contribution in [0.2, 0.25) is 0 Å². The molecule has 16 heavy (non-hydrogen) atoms. The van der Waals surface area contributed by atoms with Crippen LogP contribution in [-0.4, -0.2) is 24.8 Å². The van der Waals surface area contributed by atoms with Crippen LogP contribution < -0.4 is 5.32 Å². The Bertz CT molecular complexity index is 213. The van der Waals surface area contributed by atoms with Gasteiger partial charge in [-0.2, -0.15) is 0 Å². The first kappa shape index (κ1) is 13.7. The van der Waals surface area contributed by atoms with Gasteiger partial charge < -0.3 is 10.1 Å². The van der Waals surface area contributed by atoms with Crippen LogP contribution in [0.1, 0.15) is 46.5 Å². The van der Waals surface area contributed by atoms with E-state index in [0.29, 0.717) is 6.04 Å². The van der Waals surface area contributed by atoms with E-state index in [9.17, 15) is 0 Å². The second-order valence-electron chi connectivity index (χ2n) is 4.97. The predicted octanol–water partition coefficient (Wildman–Crippen LogP) is 3.14. The molecule has 0 aromatic heterocycles. The van der Waals surface area contributed by atoms with Gasteiger partial charge in [0, 0.05) is 6.61 Å². The average molecular weight is 225 g/mol. The van der Waals surface area contributed by atoms with Crippen molar-refractivity contribution < 1.29 is 4.74 Å². The van der Waals surface area contributed by atoms with Gasteiger partial charge in [-0.3, -0.25) is 0 Å². The first-order chi connectivity index (χ1) is 7.68. The second-order valence-corrected chi connectivity index (χ2v) is 4.97. The molecule has 94 valence electrons. The fraction of sp³-hybridized carbons (Fsp3) is 0.857. The highest BCUT2D eigenvalue weighted by molar-refractivity contribution is 5.04. The van der Waals surface area contributed by atoms with Gasteiger partial charge in [-0.25, -0.2) is 0 Å². The summed E-state index contributed by atoms with van der Waals surface area (Å²) >= 11 is 0. The molecule has 1 aliphatic carbocycles. The standard InChI is InChI=1S/C14H27NO/c1-5-13(15-6-2)14(16-7-3)10-8-9-12(4)11-14/h5,12-13,15H,1,6-11H2,2-4H3. The summed E-state index contributed by atoms with van der Waals surface area (Å²) in [6.45, 7) is 12.3. The minimum atomic E-state index is -0.00975. The third-order valence-electron chi connectivity index (χ3n) is 3.65. The molecular weight excluding hydrogens is 198 g/mol. The van der Waals surface area contributed by atoms with E-state index in [2.05, 4.69) is 32.7 Å². The SMILES string of the molecule is C=CC(NCC)C1(OCC)CCCC(C)C1. The van der Waals surface area contributed by atoms with Gasteiger partial charge in [0.1, 0.15) is 0 Å². The Kier molecular flexibility index (Phi) is 5.50. The first-order valence-corrected chi connectivity index (χ1v) is 6.68. The van der Waals surface area contributed by atoms with Crippen molar-refractivity contribution in [3.05, 3.63) is 12.7 Å². The summed E-state index contributed by atoms with van der Waals surface area (Å²) < 4.78 is 6.11. The second kappa shape index (κ2) is 6.41. The van der Waals surface area contributed by atoms with Crippen LogP contribution in [0.4, 0.5) is 0 Å². The summed E-state index contributed by atoms with van der Waals surface area (Å²) in [7, 11) is 0. The third kappa shape index (κ3) is 3.08. The molecule has 2 nitrogen and oxygen atoms in total. The van der Waals surface area contributed by atoms with E-state index in [-0.39, 0.29) is 5.60 Å². The molecule has 1 fully saturated rings. The lowest BCUT2D eigenvalue weighted by molar-refractivity contribution is -0.0900. The van der Waals surface area contributed by atoms with Crippen LogP contribution in [0.15, 0.2) is 12.7 Å². The number of hydrogen-bond donors (Lipinski definition) is 1. The molecule has 0 amide bonds. The van der Waals surface area contributed by atoms with E-state index in [0.717, 1.165) is 31.9 Å². The monoisotopic (exact) mass is 225 g/mol. The molecule has 0 saturated heterocycles. The van der Waals surface area contributed by atoms with Crippen molar-refractivity contribution in [2.75, 3.05) is 13.2 Å². The molecule has 0 bridgehead atoms. The smallest absolute Gasteiger partial charge is 0.0872 e. The van der Waals surface area contributed by atoms with Crippen molar-refractivity contribution in [1.29, 1.82) is 0 Å². The summed E-state index contributed by atoms with van der Waals surface area (Å²) in [6, 6.07) is 0.292. The van der Waals surface area contributed by atoms with Crippen molar-refractivity contribution in [3.8, 4) is 0 Å². The Morgan fingerprint density at radius 1 is 1.56 bits per heavy atom. The normalized spacial score (nSPS) is 32.3. The van der Waals surface area contributed by atoms with Crippen molar-refractivity contribution in [2.24, 2.45) is 5.92 Å². The molecule has 0 aliphatic heterocycles. The zero-order valence-corrected chi connectivity index (χ0v) is 11.1. The summed E-state index contributed by atoms with van der Waals surface area (Å²) in [4.78, 5) is 0. The van der Waals surface area contributed by atoms with Crippen LogP contribution in [0, 0.1) is 5.92 Å². The Morgan fingerprint density at radius 3 is 2.81 bits per heavy atom. The van der Waals surface area contributed by atoms with E-state index < -0.39 is 0 Å². The number of likely N-dealkylation sites (N-methyl/N-ethyl adjacent to an activating group) is 1. The van der Waals surface area contributed by atoms with Crippen LogP contribution in [0.5, 0.6) is 0 Å². The highest BCUT2D eigenvalue weighted by atomic mass is 16.5. The Balaban J connectivity index is 2.79. The number of hydrogen-bond acceptors (Lipinski definition) is 2. The van der Waals surface area contributed by atoms with Gasteiger partial charge in [0.05, 0.1) is 11.6 Å². The topological polar surface area (TPSA) is 21.3 Å². The Morgan fingerprint density at radius 2 is 2.31 bits per heavy atom. The lowest BCUT2D eigenvalue weighted by Crippen LogP contribution is -2.53. The van der Waals surface area contributed by atoms with Gasteiger partial charge in [-0.05, 0) is 32.2 Å². The van der Waals surface area contributed by atoms with E-state index in [4.69, 9.17) is 4.74 Å². The lowest BCUT2D eigenvalue weighted by Gasteiger charge is -2.44. The number of rotatable bonds is 6. The van der Waals surface area contributed by atoms with E-state index in [1.165, 1.54) is 12.8 Å². The fourth-order valence-corrected chi connectivity index (χ4v) is 3.04. The maximum absolute atomic E-state index is 6.11. The molecule has 0 aromatic rings. The molecule has 3 unspecified atom stereocenters. The van der Waals surface area contributed by atoms with Crippen LogP contribution >= 0.6 is 0 Å². The van der Waals surface area contributed by atoms with Crippen molar-refractivity contribution >= 4 is 0 Å². The van der Waals surface area contributed by atoms with E-state index in [1.807, 2.05) is 6.08 Å². The maximum atomic E-state index is 6.11. The first-order valence-electron chi connectivity index (χ1n) is 6.68. The minimum absolute atomic E-state index is 0.00975. The summed E-state index contributed by atoms with van der Waals surface area (Å²) in [5.74, 6) is 0.765. The number of nitrogens with one attached hydrogen (secondary N) is 1. The molecule has 1 N–H and O–H groups in total. The van der Waals surface area contributed by atoms with E-state index >= 15 is 0 Å². The van der Waals surface area contributed by atoms with Crippen LogP contribution in [-0.2, 0) is 4.74 Å². The molecule has 0 heterocycles. The summed E-state index contributed by atoms with van der Waals surface area (Å²) in [6.07, 6.45) is 6.96. The van der Waals surface area contributed by atoms with Gasteiger partial charge in [-0.15, -0.1) is 6.58 Å².